The summed E-state index contributed by atoms with van der Waals surface area (Å²) in [4.78, 5) is 28.2. The van der Waals surface area contributed by atoms with Gasteiger partial charge in [0.05, 0.1) is 36.3 Å². The fraction of sp³-hybridized carbons (Fsp3) is 0.267. The molecule has 0 aliphatic carbocycles. The van der Waals surface area contributed by atoms with Crippen LogP contribution in [0.4, 0.5) is 17.3 Å². The second-order valence-corrected chi connectivity index (χ2v) is 9.91. The van der Waals surface area contributed by atoms with E-state index in [0.717, 1.165) is 28.6 Å². The summed E-state index contributed by atoms with van der Waals surface area (Å²) in [5.41, 5.74) is 3.85. The minimum atomic E-state index is -0.846. The molecule has 10 nitrogen and oxygen atoms in total. The van der Waals surface area contributed by atoms with E-state index in [-0.39, 0.29) is 12.5 Å². The molecule has 1 unspecified atom stereocenters. The number of aromatic nitrogens is 3. The average molecular weight is 540 g/mol. The van der Waals surface area contributed by atoms with Gasteiger partial charge in [-0.2, -0.15) is 0 Å². The number of benzene rings is 2. The van der Waals surface area contributed by atoms with Gasteiger partial charge in [-0.05, 0) is 43.9 Å². The van der Waals surface area contributed by atoms with E-state index >= 15 is 0 Å². The van der Waals surface area contributed by atoms with E-state index in [1.165, 1.54) is 0 Å². The second-order valence-electron chi connectivity index (χ2n) is 9.91. The Kier molecular flexibility index (Phi) is 8.42. The number of ether oxygens (including phenoxy) is 1. The number of hydrogen-bond donors (Lipinski definition) is 4. The molecule has 1 fully saturated rings. The molecule has 2 aromatic carbocycles. The van der Waals surface area contributed by atoms with Gasteiger partial charge in [-0.25, -0.2) is 9.97 Å². The SMILES string of the molecule is CN(C)C/C=C/C(=O)Nc1cccc(-c2cccc3cnc(Nc4ccc(C5(CO)CNCCO5)nc4)nc23)c1. The molecule has 0 bridgehead atoms. The largest absolute Gasteiger partial charge is 0.393 e. The van der Waals surface area contributed by atoms with Gasteiger partial charge in [0.15, 0.2) is 0 Å². The summed E-state index contributed by atoms with van der Waals surface area (Å²) < 4.78 is 5.87. The van der Waals surface area contributed by atoms with Crippen molar-refractivity contribution in [2.45, 2.75) is 5.60 Å². The third-order valence-electron chi connectivity index (χ3n) is 6.60. The van der Waals surface area contributed by atoms with E-state index in [1.807, 2.05) is 79.7 Å². The summed E-state index contributed by atoms with van der Waals surface area (Å²) >= 11 is 0. The Morgan fingerprint density at radius 3 is 2.75 bits per heavy atom. The van der Waals surface area contributed by atoms with Gasteiger partial charge < -0.3 is 30.7 Å². The van der Waals surface area contributed by atoms with E-state index in [4.69, 9.17) is 9.72 Å². The third-order valence-corrected chi connectivity index (χ3v) is 6.60. The maximum atomic E-state index is 12.3. The zero-order valence-electron chi connectivity index (χ0n) is 22.6. The van der Waals surface area contributed by atoms with Gasteiger partial charge in [-0.15, -0.1) is 0 Å². The average Bonchev–Trinajstić information content (AvgIpc) is 2.97. The molecule has 206 valence electrons. The molecule has 1 aliphatic rings. The zero-order valence-corrected chi connectivity index (χ0v) is 22.6. The Morgan fingerprint density at radius 1 is 1.12 bits per heavy atom. The minimum Gasteiger partial charge on any atom is -0.393 e. The first-order valence-electron chi connectivity index (χ1n) is 13.1. The van der Waals surface area contributed by atoms with E-state index in [0.29, 0.717) is 42.7 Å². The normalized spacial score (nSPS) is 17.4. The number of aliphatic hydroxyl groups is 1. The summed E-state index contributed by atoms with van der Waals surface area (Å²) in [5, 5.41) is 20.3. The van der Waals surface area contributed by atoms with E-state index in [2.05, 4.69) is 25.9 Å². The van der Waals surface area contributed by atoms with Crippen LogP contribution in [0.1, 0.15) is 5.69 Å². The van der Waals surface area contributed by atoms with Crippen LogP contribution in [0.2, 0.25) is 0 Å². The topological polar surface area (TPSA) is 125 Å². The molecule has 40 heavy (non-hydrogen) atoms. The number of para-hydroxylation sites is 1. The van der Waals surface area contributed by atoms with Gasteiger partial charge >= 0.3 is 0 Å². The minimum absolute atomic E-state index is 0.158. The maximum absolute atomic E-state index is 12.3. The molecule has 0 radical (unpaired) electrons. The number of fused-ring (bicyclic) bond motifs is 1. The first-order chi connectivity index (χ1) is 19.5. The van der Waals surface area contributed by atoms with Crippen LogP contribution >= 0.6 is 0 Å². The number of hydrogen-bond acceptors (Lipinski definition) is 9. The number of morpholine rings is 1. The van der Waals surface area contributed by atoms with Crippen molar-refractivity contribution < 1.29 is 14.6 Å². The van der Waals surface area contributed by atoms with E-state index in [9.17, 15) is 9.90 Å². The summed E-state index contributed by atoms with van der Waals surface area (Å²) in [5.74, 6) is 0.249. The van der Waals surface area contributed by atoms with Crippen molar-refractivity contribution in [2.24, 2.45) is 0 Å². The molecule has 4 N–H and O–H groups in total. The van der Waals surface area contributed by atoms with Crippen molar-refractivity contribution in [1.82, 2.24) is 25.2 Å². The summed E-state index contributed by atoms with van der Waals surface area (Å²) in [6, 6.07) is 17.3. The molecule has 5 rings (SSSR count). The van der Waals surface area contributed by atoms with Gasteiger partial charge in [0.1, 0.15) is 5.60 Å². The predicted molar refractivity (Wildman–Crippen MR) is 156 cm³/mol. The highest BCUT2D eigenvalue weighted by molar-refractivity contribution is 6.00. The van der Waals surface area contributed by atoms with Crippen LogP contribution < -0.4 is 16.0 Å². The van der Waals surface area contributed by atoms with Gasteiger partial charge in [0.25, 0.3) is 0 Å². The number of carbonyl (C=O) groups is 1. The monoisotopic (exact) mass is 539 g/mol. The Bertz CT molecular complexity index is 1500. The van der Waals surface area contributed by atoms with Crippen LogP contribution in [-0.2, 0) is 15.1 Å². The smallest absolute Gasteiger partial charge is 0.248 e. The van der Waals surface area contributed by atoms with Crippen LogP contribution in [-0.4, -0.2) is 77.8 Å². The van der Waals surface area contributed by atoms with Crippen LogP contribution in [0.25, 0.3) is 22.0 Å². The van der Waals surface area contributed by atoms with Crippen molar-refractivity contribution in [2.75, 3.05) is 57.6 Å². The van der Waals surface area contributed by atoms with Crippen LogP contribution in [0.3, 0.4) is 0 Å². The number of anilines is 3. The molecule has 4 aromatic rings. The van der Waals surface area contributed by atoms with Crippen LogP contribution in [0, 0.1) is 0 Å². The molecule has 2 aromatic heterocycles. The molecule has 1 amide bonds. The van der Waals surface area contributed by atoms with Crippen molar-refractivity contribution in [1.29, 1.82) is 0 Å². The third kappa shape index (κ3) is 6.32. The second kappa shape index (κ2) is 12.3. The van der Waals surface area contributed by atoms with E-state index in [1.54, 1.807) is 18.5 Å². The lowest BCUT2D eigenvalue weighted by Crippen LogP contribution is -2.50. The van der Waals surface area contributed by atoms with Gasteiger partial charge in [0, 0.05) is 48.5 Å². The highest BCUT2D eigenvalue weighted by Crippen LogP contribution is 2.30. The number of pyridine rings is 1. The van der Waals surface area contributed by atoms with Crippen molar-refractivity contribution in [3.05, 3.63) is 84.8 Å². The molecule has 0 saturated carbocycles. The standard InChI is InChI=1S/C30H33N7O3/c1-37(2)14-5-10-27(39)34-23-8-3-6-21(16-23)25-9-4-7-22-17-33-29(36-28(22)25)35-24-11-12-26(32-18-24)30(20-38)19-31-13-15-40-30/h3-12,16-18,31,38H,13-15,19-20H2,1-2H3,(H,34,39)(H,33,35,36)/b10-5+. The lowest BCUT2D eigenvalue weighted by molar-refractivity contribution is -0.111. The van der Waals surface area contributed by atoms with Gasteiger partial charge in [-0.1, -0.05) is 36.4 Å². The molecule has 1 aliphatic heterocycles. The fourth-order valence-electron chi connectivity index (χ4n) is 4.54. The zero-order chi connectivity index (χ0) is 28.0. The summed E-state index contributed by atoms with van der Waals surface area (Å²) in [7, 11) is 3.90. The van der Waals surface area contributed by atoms with Crippen LogP contribution in [0.5, 0.6) is 0 Å². The summed E-state index contributed by atoms with van der Waals surface area (Å²) in [6.45, 7) is 2.29. The number of likely N-dealkylation sites (N-methyl/N-ethyl adjacent to an activating group) is 1. The van der Waals surface area contributed by atoms with Crippen molar-refractivity contribution >= 4 is 34.1 Å². The van der Waals surface area contributed by atoms with E-state index < -0.39 is 5.60 Å². The van der Waals surface area contributed by atoms with Gasteiger partial charge in [-0.3, -0.25) is 9.78 Å². The highest BCUT2D eigenvalue weighted by atomic mass is 16.5. The molecule has 3 heterocycles. The Morgan fingerprint density at radius 2 is 2.00 bits per heavy atom. The quantitative estimate of drug-likeness (QED) is 0.237. The predicted octanol–water partition coefficient (Wildman–Crippen LogP) is 3.30. The Labute approximate surface area is 233 Å². The summed E-state index contributed by atoms with van der Waals surface area (Å²) in [6.07, 6.45) is 6.83. The number of rotatable bonds is 9. The number of nitrogens with zero attached hydrogens (tertiary/aromatic N) is 4. The maximum Gasteiger partial charge on any atom is 0.248 e. The molecule has 1 saturated heterocycles. The van der Waals surface area contributed by atoms with Crippen LogP contribution in [0.15, 0.2) is 79.1 Å². The number of nitrogens with one attached hydrogen (secondary N) is 3. The van der Waals surface area contributed by atoms with Gasteiger partial charge in [0.2, 0.25) is 11.9 Å². The lowest BCUT2D eigenvalue weighted by Gasteiger charge is -2.35. The van der Waals surface area contributed by atoms with Crippen molar-refractivity contribution in [3.8, 4) is 11.1 Å². The van der Waals surface area contributed by atoms with Crippen molar-refractivity contribution in [3.63, 3.8) is 0 Å². The molecule has 0 spiro atoms. The molecular weight excluding hydrogens is 506 g/mol. The lowest BCUT2D eigenvalue weighted by atomic mass is 9.98. The molecule has 10 heteroatoms. The molecular formula is C30H33N7O3. The first kappa shape index (κ1) is 27.4. The molecule has 1 atom stereocenters. The Hall–Kier alpha value is -4.22. The number of carbonyl (C=O) groups excluding carboxylic acids is 1. The number of amides is 1. The highest BCUT2D eigenvalue weighted by Gasteiger charge is 2.36. The fourth-order valence-corrected chi connectivity index (χ4v) is 4.54. The Balaban J connectivity index is 1.36. The first-order valence-corrected chi connectivity index (χ1v) is 13.1. The number of aliphatic hydroxyl groups excluding tert-OH is 1.